The van der Waals surface area contributed by atoms with Crippen molar-refractivity contribution in [3.8, 4) is 0 Å². The molecule has 0 fully saturated rings. The molecule has 0 bridgehead atoms. The number of benzene rings is 2. The van der Waals surface area contributed by atoms with Crippen molar-refractivity contribution in [2.24, 2.45) is 0 Å². The van der Waals surface area contributed by atoms with Crippen molar-refractivity contribution in [3.05, 3.63) is 95.0 Å². The van der Waals surface area contributed by atoms with Crippen LogP contribution in [0.3, 0.4) is 0 Å². The number of aromatic nitrogens is 1. The number of anilines is 2. The first-order valence-electron chi connectivity index (χ1n) is 9.05. The van der Waals surface area contributed by atoms with Gasteiger partial charge >= 0.3 is 5.97 Å². The number of carbonyl (C=O) groups is 3. The van der Waals surface area contributed by atoms with Gasteiger partial charge < -0.3 is 20.6 Å². The number of rotatable bonds is 6. The van der Waals surface area contributed by atoms with E-state index in [1.54, 1.807) is 30.3 Å². The van der Waals surface area contributed by atoms with Gasteiger partial charge in [-0.3, -0.25) is 9.59 Å². The van der Waals surface area contributed by atoms with Gasteiger partial charge in [0.2, 0.25) is 0 Å². The average molecular weight is 405 g/mol. The lowest BCUT2D eigenvalue weighted by molar-refractivity contribution is -0.605. The van der Waals surface area contributed by atoms with Crippen LogP contribution >= 0.6 is 0 Å². The minimum absolute atomic E-state index is 0.146. The quantitative estimate of drug-likeness (QED) is 0.372. The molecule has 30 heavy (non-hydrogen) atoms. The highest BCUT2D eigenvalue weighted by Crippen LogP contribution is 2.18. The van der Waals surface area contributed by atoms with E-state index >= 15 is 0 Å². The van der Waals surface area contributed by atoms with Crippen LogP contribution in [0, 0.1) is 12.1 Å². The SMILES string of the molecule is Cc1cccc(NC(=O)c2ccccc2NC(=O)COC(=O)c2cc[n+]([O-])cc2)c1. The third-order valence-electron chi connectivity index (χ3n) is 4.09. The van der Waals surface area contributed by atoms with Crippen LogP contribution < -0.4 is 15.4 Å². The number of hydrogen-bond acceptors (Lipinski definition) is 5. The summed E-state index contributed by atoms with van der Waals surface area (Å²) in [7, 11) is 0. The first-order valence-corrected chi connectivity index (χ1v) is 9.05. The predicted molar refractivity (Wildman–Crippen MR) is 110 cm³/mol. The summed E-state index contributed by atoms with van der Waals surface area (Å²) in [4.78, 5) is 36.8. The molecule has 0 aliphatic carbocycles. The van der Waals surface area contributed by atoms with Crippen LogP contribution in [-0.4, -0.2) is 24.4 Å². The van der Waals surface area contributed by atoms with Crippen LogP contribution in [0.4, 0.5) is 11.4 Å². The number of aryl methyl sites for hydroxylation is 1. The number of para-hydroxylation sites is 1. The zero-order valence-electron chi connectivity index (χ0n) is 16.1. The predicted octanol–water partition coefficient (Wildman–Crippen LogP) is 2.68. The van der Waals surface area contributed by atoms with Gasteiger partial charge in [0, 0.05) is 17.8 Å². The largest absolute Gasteiger partial charge is 0.619 e. The Morgan fingerprint density at radius 1 is 0.967 bits per heavy atom. The number of nitrogens with zero attached hydrogens (tertiary/aromatic N) is 1. The van der Waals surface area contributed by atoms with E-state index in [0.29, 0.717) is 10.4 Å². The molecule has 1 aromatic heterocycles. The van der Waals surface area contributed by atoms with Crippen LogP contribution in [0.25, 0.3) is 0 Å². The van der Waals surface area contributed by atoms with Crippen molar-refractivity contribution < 1.29 is 23.9 Å². The maximum absolute atomic E-state index is 12.6. The molecule has 2 aromatic carbocycles. The maximum atomic E-state index is 12.6. The van der Waals surface area contributed by atoms with Crippen molar-refractivity contribution >= 4 is 29.2 Å². The van der Waals surface area contributed by atoms with Gasteiger partial charge in [-0.05, 0) is 36.8 Å². The van der Waals surface area contributed by atoms with E-state index in [1.807, 2.05) is 25.1 Å². The summed E-state index contributed by atoms with van der Waals surface area (Å²) in [6, 6.07) is 16.4. The van der Waals surface area contributed by atoms with Crippen molar-refractivity contribution in [2.75, 3.05) is 17.2 Å². The second kappa shape index (κ2) is 9.33. The molecule has 8 heteroatoms. The van der Waals surface area contributed by atoms with Gasteiger partial charge in [0.05, 0.1) is 16.8 Å². The third-order valence-corrected chi connectivity index (χ3v) is 4.09. The summed E-state index contributed by atoms with van der Waals surface area (Å²) in [6.45, 7) is 1.37. The lowest BCUT2D eigenvalue weighted by Crippen LogP contribution is -2.25. The Kier molecular flexibility index (Phi) is 6.39. The summed E-state index contributed by atoms with van der Waals surface area (Å²) in [5.41, 5.74) is 2.34. The summed E-state index contributed by atoms with van der Waals surface area (Å²) < 4.78 is 5.48. The fourth-order valence-corrected chi connectivity index (χ4v) is 2.66. The highest BCUT2D eigenvalue weighted by atomic mass is 16.5. The van der Waals surface area contributed by atoms with Crippen LogP contribution in [0.2, 0.25) is 0 Å². The van der Waals surface area contributed by atoms with Gasteiger partial charge in [0.25, 0.3) is 11.8 Å². The normalized spacial score (nSPS) is 10.2. The molecule has 0 spiro atoms. The van der Waals surface area contributed by atoms with E-state index in [4.69, 9.17) is 4.74 Å². The summed E-state index contributed by atoms with van der Waals surface area (Å²) in [5, 5.41) is 16.4. The molecule has 1 heterocycles. The number of carbonyl (C=O) groups excluding carboxylic acids is 3. The molecule has 0 aliphatic heterocycles. The van der Waals surface area contributed by atoms with Gasteiger partial charge in [-0.25, -0.2) is 4.79 Å². The molecule has 0 aliphatic rings. The van der Waals surface area contributed by atoms with E-state index in [1.165, 1.54) is 12.1 Å². The Morgan fingerprint density at radius 2 is 1.70 bits per heavy atom. The molecule has 3 rings (SSSR count). The standard InChI is InChI=1S/C22H19N3O5/c1-15-5-4-6-17(13-15)23-21(27)18-7-2-3-8-19(18)24-20(26)14-30-22(28)16-9-11-25(29)12-10-16/h2-13H,14H2,1H3,(H,23,27)(H,24,26). The highest BCUT2D eigenvalue weighted by Gasteiger charge is 2.15. The van der Waals surface area contributed by atoms with E-state index in [0.717, 1.165) is 18.0 Å². The lowest BCUT2D eigenvalue weighted by atomic mass is 10.1. The third kappa shape index (κ3) is 5.41. The number of hydrogen-bond donors (Lipinski definition) is 2. The smallest absolute Gasteiger partial charge is 0.339 e. The topological polar surface area (TPSA) is 111 Å². The van der Waals surface area contributed by atoms with Crippen LogP contribution in [-0.2, 0) is 9.53 Å². The van der Waals surface area contributed by atoms with Gasteiger partial charge in [0.15, 0.2) is 19.0 Å². The minimum atomic E-state index is -0.740. The van der Waals surface area contributed by atoms with Crippen molar-refractivity contribution in [1.82, 2.24) is 0 Å². The molecule has 8 nitrogen and oxygen atoms in total. The van der Waals surface area contributed by atoms with Gasteiger partial charge in [-0.2, -0.15) is 4.73 Å². The minimum Gasteiger partial charge on any atom is -0.619 e. The molecular formula is C22H19N3O5. The lowest BCUT2D eigenvalue weighted by Gasteiger charge is -2.12. The molecule has 0 atom stereocenters. The first-order chi connectivity index (χ1) is 14.4. The Morgan fingerprint density at radius 3 is 2.43 bits per heavy atom. The molecule has 0 radical (unpaired) electrons. The number of amides is 2. The average Bonchev–Trinajstić information content (AvgIpc) is 2.73. The maximum Gasteiger partial charge on any atom is 0.339 e. The molecule has 0 saturated carbocycles. The van der Waals surface area contributed by atoms with Crippen LogP contribution in [0.1, 0.15) is 26.3 Å². The number of nitrogens with one attached hydrogen (secondary N) is 2. The Bertz CT molecular complexity index is 1080. The fraction of sp³-hybridized carbons (Fsp3) is 0.0909. The van der Waals surface area contributed by atoms with Crippen molar-refractivity contribution in [1.29, 1.82) is 0 Å². The van der Waals surface area contributed by atoms with E-state index in [-0.39, 0.29) is 22.7 Å². The van der Waals surface area contributed by atoms with E-state index in [9.17, 15) is 19.6 Å². The van der Waals surface area contributed by atoms with E-state index in [2.05, 4.69) is 10.6 Å². The molecule has 2 amide bonds. The summed E-state index contributed by atoms with van der Waals surface area (Å²) in [6.07, 6.45) is 2.31. The van der Waals surface area contributed by atoms with Crippen LogP contribution in [0.5, 0.6) is 0 Å². The first kappa shape index (κ1) is 20.5. The van der Waals surface area contributed by atoms with Crippen molar-refractivity contribution in [2.45, 2.75) is 6.92 Å². The van der Waals surface area contributed by atoms with Crippen LogP contribution in [0.15, 0.2) is 73.1 Å². The number of ether oxygens (including phenoxy) is 1. The zero-order valence-corrected chi connectivity index (χ0v) is 16.1. The molecule has 3 aromatic rings. The summed E-state index contributed by atoms with van der Waals surface area (Å²) in [5.74, 6) is -1.73. The molecule has 152 valence electrons. The highest BCUT2D eigenvalue weighted by molar-refractivity contribution is 6.10. The Balaban J connectivity index is 1.62. The molecule has 0 unspecified atom stereocenters. The number of esters is 1. The summed E-state index contributed by atoms with van der Waals surface area (Å²) >= 11 is 0. The number of pyridine rings is 1. The second-order valence-electron chi connectivity index (χ2n) is 6.44. The van der Waals surface area contributed by atoms with Crippen molar-refractivity contribution in [3.63, 3.8) is 0 Å². The van der Waals surface area contributed by atoms with Gasteiger partial charge in [-0.1, -0.05) is 24.3 Å². The zero-order chi connectivity index (χ0) is 21.5. The Labute approximate surface area is 172 Å². The molecule has 0 saturated heterocycles. The van der Waals surface area contributed by atoms with E-state index < -0.39 is 18.5 Å². The van der Waals surface area contributed by atoms with Gasteiger partial charge in [-0.15, -0.1) is 0 Å². The fourth-order valence-electron chi connectivity index (χ4n) is 2.66. The van der Waals surface area contributed by atoms with Gasteiger partial charge in [0.1, 0.15) is 0 Å². The molecular weight excluding hydrogens is 386 g/mol. The Hall–Kier alpha value is -4.20. The molecule has 2 N–H and O–H groups in total. The second-order valence-corrected chi connectivity index (χ2v) is 6.44. The monoisotopic (exact) mass is 405 g/mol.